The van der Waals surface area contributed by atoms with Gasteiger partial charge in [0.2, 0.25) is 0 Å². The number of ketones is 1. The van der Waals surface area contributed by atoms with Crippen molar-refractivity contribution < 1.29 is 4.79 Å². The molecule has 2 aromatic rings. The van der Waals surface area contributed by atoms with Gasteiger partial charge in [0, 0.05) is 25.4 Å². The second-order valence-electron chi connectivity index (χ2n) is 4.39. The highest BCUT2D eigenvalue weighted by atomic mass is 16.1. The molecule has 2 rings (SSSR count). The lowest BCUT2D eigenvalue weighted by Gasteiger charge is -2.06. The molecule has 1 heterocycles. The van der Waals surface area contributed by atoms with Crippen LogP contribution in [-0.2, 0) is 13.0 Å². The fourth-order valence-corrected chi connectivity index (χ4v) is 2.07. The van der Waals surface area contributed by atoms with Crippen LogP contribution < -0.4 is 0 Å². The number of carbonyl (C=O) groups excluding carboxylic acids is 1. The van der Waals surface area contributed by atoms with Crippen molar-refractivity contribution in [1.29, 1.82) is 0 Å². The fourth-order valence-electron chi connectivity index (χ4n) is 2.07. The van der Waals surface area contributed by atoms with Gasteiger partial charge in [-0.1, -0.05) is 24.3 Å². The minimum Gasteiger partial charge on any atom is -0.329 e. The van der Waals surface area contributed by atoms with E-state index in [2.05, 4.69) is 24.0 Å². The molecule has 1 aromatic carbocycles. The van der Waals surface area contributed by atoms with Crippen molar-refractivity contribution in [2.45, 2.75) is 33.2 Å². The van der Waals surface area contributed by atoms with Gasteiger partial charge < -0.3 is 4.57 Å². The lowest BCUT2D eigenvalue weighted by molar-refractivity contribution is 0.0969. The van der Waals surface area contributed by atoms with Crippen LogP contribution in [0.2, 0.25) is 0 Å². The number of hydrogen-bond donors (Lipinski definition) is 0. The highest BCUT2D eigenvalue weighted by molar-refractivity contribution is 5.92. The molecule has 0 aliphatic heterocycles. The van der Waals surface area contributed by atoms with Crippen LogP contribution in [0.1, 0.15) is 35.1 Å². The van der Waals surface area contributed by atoms with Crippen LogP contribution >= 0.6 is 0 Å². The van der Waals surface area contributed by atoms with E-state index in [1.165, 1.54) is 11.1 Å². The standard InChI is InChI=1S/C15H18N2O/c1-3-17-11-10-16-15(17)14(18)9-8-13-7-5-4-6-12(13)2/h4-7,10-11H,3,8-9H2,1-2H3. The van der Waals surface area contributed by atoms with E-state index in [-0.39, 0.29) is 5.78 Å². The molecule has 0 spiro atoms. The molecule has 0 bridgehead atoms. The maximum Gasteiger partial charge on any atom is 0.198 e. The Bertz CT molecular complexity index is 543. The molecule has 0 saturated heterocycles. The number of Topliss-reactive ketones (excluding diaryl/α,β-unsaturated/α-hetero) is 1. The second kappa shape index (κ2) is 5.63. The Balaban J connectivity index is 2.03. The summed E-state index contributed by atoms with van der Waals surface area (Å²) in [5, 5.41) is 0. The molecule has 0 amide bonds. The maximum atomic E-state index is 12.1. The van der Waals surface area contributed by atoms with Crippen molar-refractivity contribution in [3.63, 3.8) is 0 Å². The monoisotopic (exact) mass is 242 g/mol. The lowest BCUT2D eigenvalue weighted by Crippen LogP contribution is -2.10. The molecule has 0 radical (unpaired) electrons. The first kappa shape index (κ1) is 12.6. The van der Waals surface area contributed by atoms with Gasteiger partial charge in [0.05, 0.1) is 0 Å². The normalized spacial score (nSPS) is 10.6. The number of carbonyl (C=O) groups is 1. The SMILES string of the molecule is CCn1ccnc1C(=O)CCc1ccccc1C. The average molecular weight is 242 g/mol. The molecule has 0 unspecified atom stereocenters. The number of imidazole rings is 1. The third-order valence-electron chi connectivity index (χ3n) is 3.19. The molecule has 0 saturated carbocycles. The predicted octanol–water partition coefficient (Wildman–Crippen LogP) is 3.03. The number of nitrogens with zero attached hydrogens (tertiary/aromatic N) is 2. The highest BCUT2D eigenvalue weighted by Gasteiger charge is 2.12. The average Bonchev–Trinajstić information content (AvgIpc) is 2.86. The number of hydrogen-bond acceptors (Lipinski definition) is 2. The van der Waals surface area contributed by atoms with Gasteiger partial charge in [-0.05, 0) is 31.4 Å². The molecule has 0 aliphatic rings. The van der Waals surface area contributed by atoms with Gasteiger partial charge in [-0.3, -0.25) is 4.79 Å². The first-order valence-electron chi connectivity index (χ1n) is 6.31. The number of benzene rings is 1. The van der Waals surface area contributed by atoms with Crippen LogP contribution in [0.25, 0.3) is 0 Å². The summed E-state index contributed by atoms with van der Waals surface area (Å²) in [5.41, 5.74) is 2.48. The van der Waals surface area contributed by atoms with E-state index in [0.717, 1.165) is 13.0 Å². The summed E-state index contributed by atoms with van der Waals surface area (Å²) >= 11 is 0. The molecule has 0 aliphatic carbocycles. The fraction of sp³-hybridized carbons (Fsp3) is 0.333. The molecule has 18 heavy (non-hydrogen) atoms. The third-order valence-corrected chi connectivity index (χ3v) is 3.19. The number of rotatable bonds is 5. The van der Waals surface area contributed by atoms with E-state index < -0.39 is 0 Å². The van der Waals surface area contributed by atoms with Gasteiger partial charge in [0.15, 0.2) is 11.6 Å². The third kappa shape index (κ3) is 2.67. The Hall–Kier alpha value is -1.90. The summed E-state index contributed by atoms with van der Waals surface area (Å²) in [7, 11) is 0. The van der Waals surface area contributed by atoms with Crippen molar-refractivity contribution in [2.24, 2.45) is 0 Å². The van der Waals surface area contributed by atoms with E-state index in [4.69, 9.17) is 0 Å². The van der Waals surface area contributed by atoms with Gasteiger partial charge in [0.1, 0.15) is 0 Å². The van der Waals surface area contributed by atoms with E-state index in [1.807, 2.05) is 29.8 Å². The first-order chi connectivity index (χ1) is 8.72. The molecule has 1 aromatic heterocycles. The zero-order valence-corrected chi connectivity index (χ0v) is 10.9. The zero-order chi connectivity index (χ0) is 13.0. The van der Waals surface area contributed by atoms with Crippen molar-refractivity contribution >= 4 is 5.78 Å². The summed E-state index contributed by atoms with van der Waals surface area (Å²) in [6.45, 7) is 4.87. The van der Waals surface area contributed by atoms with Gasteiger partial charge in [-0.25, -0.2) is 4.98 Å². The van der Waals surface area contributed by atoms with E-state index in [1.54, 1.807) is 6.20 Å². The smallest absolute Gasteiger partial charge is 0.198 e. The Morgan fingerprint density at radius 3 is 2.83 bits per heavy atom. The molecular formula is C15H18N2O. The van der Waals surface area contributed by atoms with E-state index in [9.17, 15) is 4.79 Å². The van der Waals surface area contributed by atoms with Crippen molar-refractivity contribution in [2.75, 3.05) is 0 Å². The van der Waals surface area contributed by atoms with Gasteiger partial charge in [-0.15, -0.1) is 0 Å². The highest BCUT2D eigenvalue weighted by Crippen LogP contribution is 2.11. The molecule has 3 heteroatoms. The van der Waals surface area contributed by atoms with Crippen LogP contribution in [0, 0.1) is 6.92 Å². The second-order valence-corrected chi connectivity index (χ2v) is 4.39. The van der Waals surface area contributed by atoms with Crippen LogP contribution in [0.5, 0.6) is 0 Å². The maximum absolute atomic E-state index is 12.1. The van der Waals surface area contributed by atoms with E-state index >= 15 is 0 Å². The number of aryl methyl sites for hydroxylation is 3. The van der Waals surface area contributed by atoms with Gasteiger partial charge in [-0.2, -0.15) is 0 Å². The minimum atomic E-state index is 0.116. The van der Waals surface area contributed by atoms with Crippen LogP contribution in [-0.4, -0.2) is 15.3 Å². The molecule has 0 N–H and O–H groups in total. The van der Waals surface area contributed by atoms with E-state index in [0.29, 0.717) is 12.2 Å². The zero-order valence-electron chi connectivity index (χ0n) is 10.9. The minimum absolute atomic E-state index is 0.116. The Labute approximate surface area is 107 Å². The van der Waals surface area contributed by atoms with Crippen molar-refractivity contribution in [3.8, 4) is 0 Å². The first-order valence-corrected chi connectivity index (χ1v) is 6.31. The van der Waals surface area contributed by atoms with Crippen LogP contribution in [0.4, 0.5) is 0 Å². The Kier molecular flexibility index (Phi) is 3.92. The molecular weight excluding hydrogens is 224 g/mol. The molecule has 0 atom stereocenters. The Morgan fingerprint density at radius 2 is 2.11 bits per heavy atom. The van der Waals surface area contributed by atoms with Crippen LogP contribution in [0.15, 0.2) is 36.7 Å². The molecule has 94 valence electrons. The quantitative estimate of drug-likeness (QED) is 0.755. The predicted molar refractivity (Wildman–Crippen MR) is 71.7 cm³/mol. The summed E-state index contributed by atoms with van der Waals surface area (Å²) in [6.07, 6.45) is 4.83. The van der Waals surface area contributed by atoms with Crippen molar-refractivity contribution in [3.05, 3.63) is 53.6 Å². The van der Waals surface area contributed by atoms with Gasteiger partial charge >= 0.3 is 0 Å². The number of aromatic nitrogens is 2. The molecule has 0 fully saturated rings. The largest absolute Gasteiger partial charge is 0.329 e. The summed E-state index contributed by atoms with van der Waals surface area (Å²) in [5.74, 6) is 0.691. The topological polar surface area (TPSA) is 34.9 Å². The lowest BCUT2D eigenvalue weighted by atomic mass is 10.0. The summed E-state index contributed by atoms with van der Waals surface area (Å²) < 4.78 is 1.89. The Morgan fingerprint density at radius 1 is 1.33 bits per heavy atom. The van der Waals surface area contributed by atoms with Gasteiger partial charge in [0.25, 0.3) is 0 Å². The summed E-state index contributed by atoms with van der Waals surface area (Å²) in [4.78, 5) is 16.2. The molecule has 3 nitrogen and oxygen atoms in total. The van der Waals surface area contributed by atoms with Crippen molar-refractivity contribution in [1.82, 2.24) is 9.55 Å². The van der Waals surface area contributed by atoms with Crippen LogP contribution in [0.3, 0.4) is 0 Å². The summed E-state index contributed by atoms with van der Waals surface area (Å²) in [6, 6.07) is 8.19.